The highest BCUT2D eigenvalue weighted by Gasteiger charge is 2.40. The van der Waals surface area contributed by atoms with Crippen molar-refractivity contribution in [3.63, 3.8) is 0 Å². The van der Waals surface area contributed by atoms with E-state index in [9.17, 15) is 9.59 Å². The average molecular weight is 368 g/mol. The summed E-state index contributed by atoms with van der Waals surface area (Å²) in [5, 5.41) is 0. The molecule has 0 unspecified atom stereocenters. The molecule has 2 amide bonds. The molecule has 4 nitrogen and oxygen atoms in total. The van der Waals surface area contributed by atoms with Gasteiger partial charge < -0.3 is 9.80 Å². The fourth-order valence-corrected chi connectivity index (χ4v) is 3.04. The Labute approximate surface area is 125 Å². The van der Waals surface area contributed by atoms with Crippen molar-refractivity contribution in [2.45, 2.75) is 12.6 Å². The van der Waals surface area contributed by atoms with Gasteiger partial charge >= 0.3 is 0 Å². The van der Waals surface area contributed by atoms with Crippen LogP contribution in [0.5, 0.6) is 0 Å². The van der Waals surface area contributed by atoms with Crippen LogP contribution in [0.2, 0.25) is 0 Å². The summed E-state index contributed by atoms with van der Waals surface area (Å²) in [6.45, 7) is 5.35. The molecule has 2 heterocycles. The van der Waals surface area contributed by atoms with Crippen LogP contribution < -0.4 is 0 Å². The number of fused-ring (bicyclic) bond motifs is 1. The van der Waals surface area contributed by atoms with Gasteiger partial charge in [0.1, 0.15) is 0 Å². The minimum absolute atomic E-state index is 0.0602. The van der Waals surface area contributed by atoms with Crippen LogP contribution in [0, 0.1) is 3.57 Å². The number of hydrogen-bond acceptors (Lipinski definition) is 2. The van der Waals surface area contributed by atoms with Gasteiger partial charge in [0.25, 0.3) is 5.91 Å². The van der Waals surface area contributed by atoms with Gasteiger partial charge in [0, 0.05) is 28.8 Å². The molecule has 0 radical (unpaired) electrons. The first-order valence-corrected chi connectivity index (χ1v) is 7.19. The van der Waals surface area contributed by atoms with Crippen LogP contribution in [0.25, 0.3) is 0 Å². The number of carbonyl (C=O) groups excluding carboxylic acids is 2. The molecule has 98 valence electrons. The number of hydrogen-bond donors (Lipinski definition) is 0. The van der Waals surface area contributed by atoms with Gasteiger partial charge in [-0.05, 0) is 46.4 Å². The third-order valence-corrected chi connectivity index (χ3v) is 4.36. The maximum Gasteiger partial charge on any atom is 0.254 e. The molecule has 0 aliphatic carbocycles. The van der Waals surface area contributed by atoms with Crippen molar-refractivity contribution < 1.29 is 9.59 Å². The maximum absolute atomic E-state index is 12.3. The minimum atomic E-state index is -0.0602. The van der Waals surface area contributed by atoms with Crippen LogP contribution in [-0.4, -0.2) is 40.7 Å². The van der Waals surface area contributed by atoms with Crippen molar-refractivity contribution in [1.82, 2.24) is 9.80 Å². The Morgan fingerprint density at radius 3 is 2.84 bits per heavy atom. The Morgan fingerprint density at radius 1 is 1.42 bits per heavy atom. The molecule has 2 aliphatic heterocycles. The van der Waals surface area contributed by atoms with E-state index in [2.05, 4.69) is 29.2 Å². The second-order valence-corrected chi connectivity index (χ2v) is 6.08. The third kappa shape index (κ3) is 2.05. The fourth-order valence-electron chi connectivity index (χ4n) is 2.55. The third-order valence-electron chi connectivity index (χ3n) is 3.69. The minimum Gasteiger partial charge on any atom is -0.335 e. The van der Waals surface area contributed by atoms with E-state index in [-0.39, 0.29) is 17.9 Å². The highest BCUT2D eigenvalue weighted by molar-refractivity contribution is 14.1. The van der Waals surface area contributed by atoms with Gasteiger partial charge in [-0.25, -0.2) is 0 Å². The topological polar surface area (TPSA) is 40.6 Å². The molecule has 1 aromatic rings. The number of benzene rings is 1. The van der Waals surface area contributed by atoms with E-state index in [1.165, 1.54) is 6.08 Å². The van der Waals surface area contributed by atoms with E-state index in [0.29, 0.717) is 19.6 Å². The summed E-state index contributed by atoms with van der Waals surface area (Å²) >= 11 is 2.21. The largest absolute Gasteiger partial charge is 0.335 e. The molecule has 5 heteroatoms. The normalized spacial score (nSPS) is 18.3. The van der Waals surface area contributed by atoms with Crippen molar-refractivity contribution >= 4 is 34.4 Å². The summed E-state index contributed by atoms with van der Waals surface area (Å²) < 4.78 is 1.07. The highest BCUT2D eigenvalue weighted by atomic mass is 127. The first-order chi connectivity index (χ1) is 9.10. The second kappa shape index (κ2) is 4.63. The molecule has 0 bridgehead atoms. The van der Waals surface area contributed by atoms with Crippen LogP contribution in [0.1, 0.15) is 15.9 Å². The summed E-state index contributed by atoms with van der Waals surface area (Å²) in [6.07, 6.45) is 1.32. The Morgan fingerprint density at radius 2 is 2.16 bits per heavy atom. The van der Waals surface area contributed by atoms with E-state index < -0.39 is 0 Å². The number of rotatable bonds is 2. The summed E-state index contributed by atoms with van der Waals surface area (Å²) in [4.78, 5) is 27.3. The quantitative estimate of drug-likeness (QED) is 0.589. The van der Waals surface area contributed by atoms with E-state index in [0.717, 1.165) is 14.7 Å². The fraction of sp³-hybridized carbons (Fsp3) is 0.286. The number of halogens is 1. The molecule has 0 N–H and O–H groups in total. The number of amides is 2. The summed E-state index contributed by atoms with van der Waals surface area (Å²) in [6, 6.07) is 6.11. The first-order valence-electron chi connectivity index (χ1n) is 6.11. The molecule has 1 fully saturated rings. The first kappa shape index (κ1) is 12.7. The van der Waals surface area contributed by atoms with E-state index >= 15 is 0 Å². The lowest BCUT2D eigenvalue weighted by Gasteiger charge is -2.43. The van der Waals surface area contributed by atoms with Gasteiger partial charge in [-0.3, -0.25) is 9.59 Å². The van der Waals surface area contributed by atoms with Gasteiger partial charge in [0.15, 0.2) is 0 Å². The lowest BCUT2D eigenvalue weighted by molar-refractivity contribution is -0.132. The molecule has 0 spiro atoms. The summed E-state index contributed by atoms with van der Waals surface area (Å²) in [5.74, 6) is 0.0270. The molecule has 3 rings (SSSR count). The van der Waals surface area contributed by atoms with Crippen molar-refractivity contribution in [1.29, 1.82) is 0 Å². The second-order valence-electron chi connectivity index (χ2n) is 4.84. The van der Waals surface area contributed by atoms with Gasteiger partial charge in [-0.2, -0.15) is 0 Å². The molecule has 0 saturated carbocycles. The zero-order valence-electron chi connectivity index (χ0n) is 10.3. The smallest absolute Gasteiger partial charge is 0.254 e. The van der Waals surface area contributed by atoms with Gasteiger partial charge in [-0.1, -0.05) is 12.6 Å². The molecule has 19 heavy (non-hydrogen) atoms. The molecule has 0 aromatic heterocycles. The van der Waals surface area contributed by atoms with Crippen LogP contribution in [-0.2, 0) is 11.3 Å². The van der Waals surface area contributed by atoms with Crippen molar-refractivity contribution in [3.05, 3.63) is 45.6 Å². The van der Waals surface area contributed by atoms with E-state index in [1.807, 2.05) is 23.1 Å². The van der Waals surface area contributed by atoms with Gasteiger partial charge in [-0.15, -0.1) is 0 Å². The van der Waals surface area contributed by atoms with Crippen molar-refractivity contribution in [2.75, 3.05) is 13.1 Å². The van der Waals surface area contributed by atoms with E-state index in [4.69, 9.17) is 0 Å². The Bertz CT molecular complexity index is 579. The lowest BCUT2D eigenvalue weighted by Crippen LogP contribution is -2.60. The van der Waals surface area contributed by atoms with Crippen LogP contribution >= 0.6 is 22.6 Å². The Hall–Kier alpha value is -1.37. The number of nitrogens with zero attached hydrogens (tertiary/aromatic N) is 2. The molecular formula is C14H13IN2O2. The molecular weight excluding hydrogens is 355 g/mol. The number of carbonyl (C=O) groups is 2. The van der Waals surface area contributed by atoms with Crippen molar-refractivity contribution in [3.8, 4) is 0 Å². The molecule has 1 saturated heterocycles. The van der Waals surface area contributed by atoms with Gasteiger partial charge in [0.2, 0.25) is 5.91 Å². The maximum atomic E-state index is 12.3. The summed E-state index contributed by atoms with van der Waals surface area (Å²) in [5.41, 5.74) is 1.89. The monoisotopic (exact) mass is 368 g/mol. The standard InChI is InChI=1S/C14H13IN2O2/c1-2-13(18)16-7-11(8-16)17-6-9-3-4-10(15)5-12(9)14(17)19/h2-5,11H,1,6-8H2. The Kier molecular flexibility index (Phi) is 3.08. The predicted octanol–water partition coefficient (Wildman–Crippen LogP) is 1.64. The van der Waals surface area contributed by atoms with E-state index in [1.54, 1.807) is 4.90 Å². The zero-order chi connectivity index (χ0) is 13.6. The molecule has 0 atom stereocenters. The van der Waals surface area contributed by atoms with Crippen LogP contribution in [0.4, 0.5) is 0 Å². The molecule has 1 aromatic carbocycles. The SMILES string of the molecule is C=CC(=O)N1CC(N2Cc3ccc(I)cc3C2=O)C1. The van der Waals surface area contributed by atoms with Crippen LogP contribution in [0.15, 0.2) is 30.9 Å². The highest BCUT2D eigenvalue weighted by Crippen LogP contribution is 2.29. The van der Waals surface area contributed by atoms with Crippen LogP contribution in [0.3, 0.4) is 0 Å². The average Bonchev–Trinajstić information content (AvgIpc) is 2.65. The lowest BCUT2D eigenvalue weighted by atomic mass is 10.1. The Balaban J connectivity index is 1.72. The summed E-state index contributed by atoms with van der Waals surface area (Å²) in [7, 11) is 0. The molecule has 2 aliphatic rings. The van der Waals surface area contributed by atoms with Crippen molar-refractivity contribution in [2.24, 2.45) is 0 Å². The zero-order valence-corrected chi connectivity index (χ0v) is 12.5. The predicted molar refractivity (Wildman–Crippen MR) is 79.6 cm³/mol. The van der Waals surface area contributed by atoms with Gasteiger partial charge in [0.05, 0.1) is 6.04 Å². The number of likely N-dealkylation sites (tertiary alicyclic amines) is 1.